The molecule has 2 aromatic rings. The van der Waals surface area contributed by atoms with Crippen LogP contribution in [-0.4, -0.2) is 79.7 Å². The quantitative estimate of drug-likeness (QED) is 0.381. The van der Waals surface area contributed by atoms with Gasteiger partial charge in [0.15, 0.2) is 0 Å². The van der Waals surface area contributed by atoms with Gasteiger partial charge in [-0.05, 0) is 50.7 Å². The predicted octanol–water partition coefficient (Wildman–Crippen LogP) is 0.959. The Morgan fingerprint density at radius 2 is 1.97 bits per heavy atom. The molecule has 11 heteroatoms. The molecule has 3 fully saturated rings. The van der Waals surface area contributed by atoms with Crippen LogP contribution in [0.15, 0.2) is 24.3 Å². The van der Waals surface area contributed by atoms with Gasteiger partial charge in [0, 0.05) is 19.7 Å². The third-order valence-corrected chi connectivity index (χ3v) is 8.39. The molecule has 1 aromatic carbocycles. The highest BCUT2D eigenvalue weighted by molar-refractivity contribution is 5.99. The molecule has 3 saturated heterocycles. The number of para-hydroxylation sites is 1. The van der Waals surface area contributed by atoms with Gasteiger partial charge in [-0.25, -0.2) is 4.68 Å². The molecule has 1 aromatic heterocycles. The average Bonchev–Trinajstić information content (AvgIpc) is 3.63. The van der Waals surface area contributed by atoms with Crippen LogP contribution in [0.4, 0.5) is 0 Å². The Morgan fingerprint density at radius 3 is 2.73 bits per heavy atom. The number of carbonyl (C=O) groups is 3. The molecule has 4 heterocycles. The second-order valence-electron chi connectivity index (χ2n) is 10.4. The van der Waals surface area contributed by atoms with Crippen molar-refractivity contribution in [2.75, 3.05) is 19.7 Å². The maximum absolute atomic E-state index is 13.9. The number of carbonyl (C=O) groups excluding carboxylic acids is 3. The third kappa shape index (κ3) is 3.99. The van der Waals surface area contributed by atoms with Crippen molar-refractivity contribution in [3.8, 4) is 0 Å². The summed E-state index contributed by atoms with van der Waals surface area (Å²) in [6, 6.07) is 6.61. The van der Waals surface area contributed by atoms with Crippen LogP contribution in [0, 0.1) is 11.8 Å². The number of aromatic nitrogens is 3. The zero-order chi connectivity index (χ0) is 26.2. The molecule has 3 amide bonds. The van der Waals surface area contributed by atoms with Gasteiger partial charge < -0.3 is 25.4 Å². The van der Waals surface area contributed by atoms with Crippen molar-refractivity contribution < 1.29 is 24.2 Å². The number of aliphatic hydroxyl groups excluding tert-OH is 1. The van der Waals surface area contributed by atoms with E-state index in [0.29, 0.717) is 45.2 Å². The van der Waals surface area contributed by atoms with Crippen molar-refractivity contribution >= 4 is 28.8 Å². The number of nitrogens with one attached hydrogen (secondary N) is 2. The van der Waals surface area contributed by atoms with E-state index in [1.807, 2.05) is 38.1 Å². The summed E-state index contributed by atoms with van der Waals surface area (Å²) in [4.78, 5) is 42.7. The highest BCUT2D eigenvalue weighted by atomic mass is 16.5. The molecular formula is C26H36N6O5. The van der Waals surface area contributed by atoms with E-state index in [9.17, 15) is 19.5 Å². The van der Waals surface area contributed by atoms with Crippen LogP contribution in [0.2, 0.25) is 0 Å². The van der Waals surface area contributed by atoms with E-state index in [1.165, 1.54) is 0 Å². The molecule has 37 heavy (non-hydrogen) atoms. The molecule has 3 aliphatic rings. The highest BCUT2D eigenvalue weighted by Crippen LogP contribution is 2.64. The summed E-state index contributed by atoms with van der Waals surface area (Å²) in [5.74, 6) is -2.07. The van der Waals surface area contributed by atoms with Gasteiger partial charge in [0.25, 0.3) is 0 Å². The normalized spacial score (nSPS) is 30.2. The topological polar surface area (TPSA) is 139 Å². The molecule has 5 atom stereocenters. The van der Waals surface area contributed by atoms with Crippen molar-refractivity contribution in [2.45, 2.75) is 76.3 Å². The Hall–Kier alpha value is -3.05. The van der Waals surface area contributed by atoms with E-state index in [0.717, 1.165) is 17.5 Å². The Kier molecular flexibility index (Phi) is 6.93. The number of aliphatic hydroxyl groups is 1. The maximum Gasteiger partial charge on any atom is 0.247 e. The van der Waals surface area contributed by atoms with Gasteiger partial charge in [0.05, 0.1) is 23.0 Å². The van der Waals surface area contributed by atoms with Crippen LogP contribution in [0.25, 0.3) is 11.0 Å². The fourth-order valence-corrected chi connectivity index (χ4v) is 6.69. The molecule has 11 nitrogen and oxygen atoms in total. The second-order valence-corrected chi connectivity index (χ2v) is 10.4. The van der Waals surface area contributed by atoms with Crippen molar-refractivity contribution in [3.05, 3.63) is 24.3 Å². The molecule has 0 aliphatic carbocycles. The number of hydrogen-bond acceptors (Lipinski definition) is 7. The van der Waals surface area contributed by atoms with Gasteiger partial charge in [-0.3, -0.25) is 14.4 Å². The first-order valence-electron chi connectivity index (χ1n) is 13.4. The van der Waals surface area contributed by atoms with Gasteiger partial charge in [-0.2, -0.15) is 0 Å². The molecule has 3 aliphatic heterocycles. The van der Waals surface area contributed by atoms with Crippen molar-refractivity contribution in [3.63, 3.8) is 0 Å². The third-order valence-electron chi connectivity index (χ3n) is 8.39. The average molecular weight is 513 g/mol. The summed E-state index contributed by atoms with van der Waals surface area (Å²) in [5, 5.41) is 23.5. The van der Waals surface area contributed by atoms with E-state index in [1.54, 1.807) is 9.58 Å². The van der Waals surface area contributed by atoms with Crippen LogP contribution in [-0.2, 0) is 25.8 Å². The lowest BCUT2D eigenvalue weighted by atomic mass is 9.65. The SMILES string of the molecule is CCCNC(=O)[C@H]1[C@H]2C(=O)N(CCCCO)C(C(=O)NCn3nnc4ccccc43)C23CC[C@]1(CC)O3. The number of unbranched alkanes of at least 4 members (excludes halogenated alkanes) is 1. The second kappa shape index (κ2) is 10.0. The van der Waals surface area contributed by atoms with Crippen LogP contribution >= 0.6 is 0 Å². The molecular weight excluding hydrogens is 476 g/mol. The Morgan fingerprint density at radius 1 is 1.16 bits per heavy atom. The fraction of sp³-hybridized carbons (Fsp3) is 0.654. The number of benzene rings is 1. The molecule has 3 N–H and O–H groups in total. The van der Waals surface area contributed by atoms with E-state index in [2.05, 4.69) is 20.9 Å². The van der Waals surface area contributed by atoms with Crippen LogP contribution in [0.3, 0.4) is 0 Å². The van der Waals surface area contributed by atoms with Crippen molar-refractivity contribution in [2.24, 2.45) is 11.8 Å². The summed E-state index contributed by atoms with van der Waals surface area (Å²) < 4.78 is 8.32. The summed E-state index contributed by atoms with van der Waals surface area (Å²) in [6.45, 7) is 4.90. The number of nitrogens with zero attached hydrogens (tertiary/aromatic N) is 4. The van der Waals surface area contributed by atoms with Gasteiger partial charge in [-0.15, -0.1) is 5.10 Å². The highest BCUT2D eigenvalue weighted by Gasteiger charge is 2.78. The van der Waals surface area contributed by atoms with Gasteiger partial charge in [0.2, 0.25) is 17.7 Å². The number of likely N-dealkylation sites (tertiary alicyclic amines) is 1. The number of amides is 3. The molecule has 0 radical (unpaired) electrons. The Balaban J connectivity index is 1.45. The molecule has 0 saturated carbocycles. The lowest BCUT2D eigenvalue weighted by Crippen LogP contribution is -2.55. The molecule has 2 unspecified atom stereocenters. The monoisotopic (exact) mass is 512 g/mol. The van der Waals surface area contributed by atoms with Gasteiger partial charge in [0.1, 0.15) is 23.8 Å². The first-order valence-corrected chi connectivity index (χ1v) is 13.4. The van der Waals surface area contributed by atoms with E-state index in [-0.39, 0.29) is 31.0 Å². The summed E-state index contributed by atoms with van der Waals surface area (Å²) in [6.07, 6.45) is 3.61. The van der Waals surface area contributed by atoms with E-state index >= 15 is 0 Å². The minimum Gasteiger partial charge on any atom is -0.396 e. The van der Waals surface area contributed by atoms with Crippen molar-refractivity contribution in [1.82, 2.24) is 30.5 Å². The van der Waals surface area contributed by atoms with E-state index < -0.39 is 29.1 Å². The summed E-state index contributed by atoms with van der Waals surface area (Å²) in [7, 11) is 0. The lowest BCUT2D eigenvalue weighted by molar-refractivity contribution is -0.148. The molecule has 2 bridgehead atoms. The maximum atomic E-state index is 13.9. The summed E-state index contributed by atoms with van der Waals surface area (Å²) in [5.41, 5.74) is -0.303. The van der Waals surface area contributed by atoms with Gasteiger partial charge in [-0.1, -0.05) is 31.2 Å². The minimum atomic E-state index is -1.06. The van der Waals surface area contributed by atoms with Crippen LogP contribution < -0.4 is 10.6 Å². The number of hydrogen-bond donors (Lipinski definition) is 3. The lowest BCUT2D eigenvalue weighted by Gasteiger charge is -2.34. The number of rotatable bonds is 11. The largest absolute Gasteiger partial charge is 0.396 e. The first-order chi connectivity index (χ1) is 17.9. The molecule has 1 spiro atoms. The molecule has 5 rings (SSSR count). The Bertz CT molecular complexity index is 1190. The standard InChI is InChI=1S/C26H36N6O5/c1-3-13-27-22(34)19-20-24(36)31(14-7-8-15-33)21(26(20)12-11-25(19,4-2)37-26)23(35)28-16-32-18-10-6-5-9-17(18)29-30-32/h5-6,9-10,19-21,33H,3-4,7-8,11-16H2,1-2H3,(H,27,34)(H,28,35)/t19-,20+,21?,25+,26?/m1/s1. The predicted molar refractivity (Wildman–Crippen MR) is 134 cm³/mol. The summed E-state index contributed by atoms with van der Waals surface area (Å²) >= 11 is 0. The first kappa shape index (κ1) is 25.6. The zero-order valence-corrected chi connectivity index (χ0v) is 21.5. The number of ether oxygens (including phenoxy) is 1. The van der Waals surface area contributed by atoms with Crippen LogP contribution in [0.5, 0.6) is 0 Å². The van der Waals surface area contributed by atoms with Crippen LogP contribution in [0.1, 0.15) is 52.4 Å². The minimum absolute atomic E-state index is 0.00430. The number of fused-ring (bicyclic) bond motifs is 2. The smallest absolute Gasteiger partial charge is 0.247 e. The van der Waals surface area contributed by atoms with E-state index in [4.69, 9.17) is 4.74 Å². The van der Waals surface area contributed by atoms with Gasteiger partial charge >= 0.3 is 0 Å². The van der Waals surface area contributed by atoms with Crippen molar-refractivity contribution in [1.29, 1.82) is 0 Å². The zero-order valence-electron chi connectivity index (χ0n) is 21.5. The molecule has 200 valence electrons. The fourth-order valence-electron chi connectivity index (χ4n) is 6.69. The Labute approximate surface area is 215 Å².